The Morgan fingerprint density at radius 3 is 2.33 bits per heavy atom. The summed E-state index contributed by atoms with van der Waals surface area (Å²) in [6, 6.07) is 11.2. The number of para-hydroxylation sites is 1. The van der Waals surface area contributed by atoms with Gasteiger partial charge in [-0.05, 0) is 36.8 Å². The largest absolute Gasteiger partial charge is 0.507 e. The number of carbonyl (C=O) groups excluding carboxylic acids is 2. The van der Waals surface area contributed by atoms with Gasteiger partial charge in [-0.1, -0.05) is 12.1 Å². The first kappa shape index (κ1) is 25.5. The lowest BCUT2D eigenvalue weighted by Gasteiger charge is -2.30. The van der Waals surface area contributed by atoms with Crippen LogP contribution in [0.25, 0.3) is 5.76 Å². The van der Waals surface area contributed by atoms with Gasteiger partial charge in [0.05, 0.1) is 46.2 Å². The molecule has 0 radical (unpaired) electrons. The molecule has 1 N–H and O–H groups in total. The lowest BCUT2D eigenvalue weighted by molar-refractivity contribution is -0.140. The average Bonchev–Trinajstić information content (AvgIpc) is 3.17. The first-order valence-electron chi connectivity index (χ1n) is 11.9. The van der Waals surface area contributed by atoms with E-state index in [0.29, 0.717) is 54.6 Å². The highest BCUT2D eigenvalue weighted by molar-refractivity contribution is 6.46. The van der Waals surface area contributed by atoms with Gasteiger partial charge in [-0.25, -0.2) is 0 Å². The fourth-order valence-corrected chi connectivity index (χ4v) is 4.76. The SMILES string of the molecule is COc1ccc(/C(O)=C2/C(=O)C(=O)N(CCCN3CCOCC3)C2c2cccc(OC)c2OC)cc1. The second kappa shape index (κ2) is 11.5. The van der Waals surface area contributed by atoms with Crippen LogP contribution in [0, 0.1) is 0 Å². The quantitative estimate of drug-likeness (QED) is 0.322. The molecule has 0 bridgehead atoms. The van der Waals surface area contributed by atoms with Crippen molar-refractivity contribution in [2.75, 3.05) is 60.7 Å². The number of hydrogen-bond acceptors (Lipinski definition) is 8. The van der Waals surface area contributed by atoms with E-state index in [4.69, 9.17) is 18.9 Å². The molecule has 1 unspecified atom stereocenters. The van der Waals surface area contributed by atoms with Crippen LogP contribution in [0.4, 0.5) is 0 Å². The van der Waals surface area contributed by atoms with E-state index in [2.05, 4.69) is 4.90 Å². The Balaban J connectivity index is 1.75. The van der Waals surface area contributed by atoms with Crippen molar-refractivity contribution in [1.29, 1.82) is 0 Å². The molecule has 4 rings (SSSR count). The normalized spacial score (nSPS) is 20.0. The summed E-state index contributed by atoms with van der Waals surface area (Å²) in [7, 11) is 4.58. The smallest absolute Gasteiger partial charge is 0.295 e. The van der Waals surface area contributed by atoms with Gasteiger partial charge >= 0.3 is 0 Å². The average molecular weight is 497 g/mol. The Bertz CT molecular complexity index is 1120. The third kappa shape index (κ3) is 5.03. The first-order valence-corrected chi connectivity index (χ1v) is 11.9. The summed E-state index contributed by atoms with van der Waals surface area (Å²) in [5, 5.41) is 11.3. The molecular weight excluding hydrogens is 464 g/mol. The molecule has 1 atom stereocenters. The van der Waals surface area contributed by atoms with Gasteiger partial charge in [0, 0.05) is 37.3 Å². The zero-order chi connectivity index (χ0) is 25.7. The maximum Gasteiger partial charge on any atom is 0.295 e. The molecule has 9 nitrogen and oxygen atoms in total. The third-order valence-corrected chi connectivity index (χ3v) is 6.61. The summed E-state index contributed by atoms with van der Waals surface area (Å²) in [4.78, 5) is 30.4. The predicted molar refractivity (Wildman–Crippen MR) is 133 cm³/mol. The second-order valence-electron chi connectivity index (χ2n) is 8.61. The van der Waals surface area contributed by atoms with E-state index in [1.165, 1.54) is 19.1 Å². The number of benzene rings is 2. The maximum absolute atomic E-state index is 13.3. The minimum Gasteiger partial charge on any atom is -0.507 e. The van der Waals surface area contributed by atoms with Crippen LogP contribution in [0.1, 0.15) is 23.6 Å². The van der Waals surface area contributed by atoms with E-state index < -0.39 is 17.7 Å². The zero-order valence-corrected chi connectivity index (χ0v) is 20.9. The molecule has 1 amide bonds. The molecule has 2 aromatic carbocycles. The Morgan fingerprint density at radius 1 is 0.972 bits per heavy atom. The molecular formula is C27H32N2O7. The molecule has 2 heterocycles. The fraction of sp³-hybridized carbons (Fsp3) is 0.407. The number of ketones is 1. The van der Waals surface area contributed by atoms with Gasteiger partial charge in [0.25, 0.3) is 11.7 Å². The van der Waals surface area contributed by atoms with Crippen LogP contribution in [0.5, 0.6) is 17.2 Å². The molecule has 0 spiro atoms. The van der Waals surface area contributed by atoms with Crippen molar-refractivity contribution in [2.24, 2.45) is 0 Å². The van der Waals surface area contributed by atoms with Crippen molar-refractivity contribution in [3.8, 4) is 17.2 Å². The van der Waals surface area contributed by atoms with Crippen molar-refractivity contribution >= 4 is 17.4 Å². The Hall–Kier alpha value is -3.56. The van der Waals surface area contributed by atoms with Crippen LogP contribution in [0.15, 0.2) is 48.0 Å². The number of Topliss-reactive ketones (excluding diaryl/α,β-unsaturated/α-hetero) is 1. The highest BCUT2D eigenvalue weighted by Gasteiger charge is 2.47. The van der Waals surface area contributed by atoms with Gasteiger partial charge in [-0.2, -0.15) is 0 Å². The molecule has 2 aliphatic rings. The molecule has 36 heavy (non-hydrogen) atoms. The van der Waals surface area contributed by atoms with E-state index in [9.17, 15) is 14.7 Å². The fourth-order valence-electron chi connectivity index (χ4n) is 4.76. The summed E-state index contributed by atoms with van der Waals surface area (Å²) < 4.78 is 21.7. The number of rotatable bonds is 9. The van der Waals surface area contributed by atoms with Crippen LogP contribution >= 0.6 is 0 Å². The van der Waals surface area contributed by atoms with Crippen molar-refractivity contribution in [1.82, 2.24) is 9.80 Å². The van der Waals surface area contributed by atoms with Crippen molar-refractivity contribution in [3.63, 3.8) is 0 Å². The molecule has 0 saturated carbocycles. The second-order valence-corrected chi connectivity index (χ2v) is 8.61. The number of amides is 1. The maximum atomic E-state index is 13.3. The molecule has 2 aliphatic heterocycles. The summed E-state index contributed by atoms with van der Waals surface area (Å²) in [5.41, 5.74) is 0.995. The van der Waals surface area contributed by atoms with Crippen LogP contribution < -0.4 is 14.2 Å². The number of hydrogen-bond donors (Lipinski definition) is 1. The number of nitrogens with zero attached hydrogens (tertiary/aromatic N) is 2. The van der Waals surface area contributed by atoms with Crippen molar-refractivity contribution < 1.29 is 33.6 Å². The number of methoxy groups -OCH3 is 3. The van der Waals surface area contributed by atoms with Crippen molar-refractivity contribution in [2.45, 2.75) is 12.5 Å². The Kier molecular flexibility index (Phi) is 8.12. The number of aliphatic hydroxyl groups excluding tert-OH is 1. The molecule has 192 valence electrons. The molecule has 9 heteroatoms. The lowest BCUT2D eigenvalue weighted by Crippen LogP contribution is -2.39. The van der Waals surface area contributed by atoms with E-state index in [1.807, 2.05) is 0 Å². The van der Waals surface area contributed by atoms with E-state index in [1.54, 1.807) is 49.6 Å². The molecule has 2 saturated heterocycles. The molecule has 2 fully saturated rings. The van der Waals surface area contributed by atoms with Gasteiger partial charge in [0.1, 0.15) is 11.5 Å². The van der Waals surface area contributed by atoms with Gasteiger partial charge < -0.3 is 29.0 Å². The van der Waals surface area contributed by atoms with Crippen LogP contribution in [-0.2, 0) is 14.3 Å². The molecule has 0 aromatic heterocycles. The summed E-state index contributed by atoms with van der Waals surface area (Å²) in [5.74, 6) is -0.141. The van der Waals surface area contributed by atoms with Gasteiger partial charge in [0.2, 0.25) is 0 Å². The number of carbonyl (C=O) groups is 2. The molecule has 0 aliphatic carbocycles. The van der Waals surface area contributed by atoms with E-state index in [-0.39, 0.29) is 11.3 Å². The lowest BCUT2D eigenvalue weighted by atomic mass is 9.94. The van der Waals surface area contributed by atoms with Gasteiger partial charge in [-0.3, -0.25) is 14.5 Å². The highest BCUT2D eigenvalue weighted by Crippen LogP contribution is 2.45. The van der Waals surface area contributed by atoms with E-state index >= 15 is 0 Å². The minimum absolute atomic E-state index is 0.0168. The predicted octanol–water partition coefficient (Wildman–Crippen LogP) is 2.86. The first-order chi connectivity index (χ1) is 17.5. The standard InChI is InChI=1S/C27H32N2O7/c1-33-19-10-8-18(9-11-19)24(30)22-23(20-6-4-7-21(34-2)26(20)35-3)29(27(32)25(22)31)13-5-12-28-14-16-36-17-15-28/h4,6-11,23,30H,5,12-17H2,1-3H3/b24-22-. The minimum atomic E-state index is -0.832. The summed E-state index contributed by atoms with van der Waals surface area (Å²) in [6.07, 6.45) is 0.665. The topological polar surface area (TPSA) is 97.8 Å². The monoisotopic (exact) mass is 496 g/mol. The highest BCUT2D eigenvalue weighted by atomic mass is 16.5. The number of morpholine rings is 1. The van der Waals surface area contributed by atoms with Gasteiger partial charge in [-0.15, -0.1) is 0 Å². The zero-order valence-electron chi connectivity index (χ0n) is 20.9. The van der Waals surface area contributed by atoms with Crippen LogP contribution in [-0.4, -0.2) is 87.3 Å². The van der Waals surface area contributed by atoms with Crippen molar-refractivity contribution in [3.05, 3.63) is 59.2 Å². The summed E-state index contributed by atoms with van der Waals surface area (Å²) >= 11 is 0. The third-order valence-electron chi connectivity index (χ3n) is 6.61. The van der Waals surface area contributed by atoms with Gasteiger partial charge in [0.15, 0.2) is 11.5 Å². The Labute approximate surface area is 210 Å². The van der Waals surface area contributed by atoms with Crippen LogP contribution in [0.3, 0.4) is 0 Å². The number of aliphatic hydroxyl groups is 1. The number of likely N-dealkylation sites (tertiary alicyclic amines) is 1. The van der Waals surface area contributed by atoms with E-state index in [0.717, 1.165) is 19.6 Å². The number of ether oxygens (including phenoxy) is 4. The van der Waals surface area contributed by atoms with Crippen LogP contribution in [0.2, 0.25) is 0 Å². The summed E-state index contributed by atoms with van der Waals surface area (Å²) in [6.45, 7) is 4.16. The molecule has 2 aromatic rings. The Morgan fingerprint density at radius 2 is 1.69 bits per heavy atom.